The van der Waals surface area contributed by atoms with Gasteiger partial charge in [-0.25, -0.2) is 4.98 Å². The van der Waals surface area contributed by atoms with Gasteiger partial charge in [-0.1, -0.05) is 11.6 Å². The molecule has 3 fully saturated rings. The van der Waals surface area contributed by atoms with E-state index in [4.69, 9.17) is 11.6 Å². The van der Waals surface area contributed by atoms with Gasteiger partial charge in [0, 0.05) is 37.9 Å². The Hall–Kier alpha value is -1.33. The van der Waals surface area contributed by atoms with E-state index in [-0.39, 0.29) is 11.8 Å². The van der Waals surface area contributed by atoms with E-state index in [1.807, 2.05) is 12.1 Å². The Bertz CT molecular complexity index is 596. The van der Waals surface area contributed by atoms with Gasteiger partial charge >= 0.3 is 0 Å². The molecule has 0 spiro atoms. The largest absolute Gasteiger partial charge is 0.357 e. The molecule has 0 radical (unpaired) electrons. The van der Waals surface area contributed by atoms with Crippen molar-refractivity contribution < 1.29 is 4.79 Å². The summed E-state index contributed by atoms with van der Waals surface area (Å²) in [6.07, 6.45) is 8.52. The first-order valence-corrected chi connectivity index (χ1v) is 9.98. The number of rotatable bonds is 4. The lowest BCUT2D eigenvalue weighted by Crippen LogP contribution is -2.51. The Labute approximate surface area is 154 Å². The van der Waals surface area contributed by atoms with E-state index in [2.05, 4.69) is 20.1 Å². The molecule has 6 heteroatoms. The molecule has 0 aromatic carbocycles. The van der Waals surface area contributed by atoms with E-state index in [9.17, 15) is 4.79 Å². The highest BCUT2D eigenvalue weighted by Crippen LogP contribution is 2.27. The zero-order chi connectivity index (χ0) is 17.2. The zero-order valence-corrected chi connectivity index (χ0v) is 15.4. The second-order valence-electron chi connectivity index (χ2n) is 7.67. The van der Waals surface area contributed by atoms with Crippen molar-refractivity contribution in [3.63, 3.8) is 0 Å². The first-order valence-electron chi connectivity index (χ1n) is 9.60. The van der Waals surface area contributed by atoms with Gasteiger partial charge in [0.25, 0.3) is 0 Å². The molecule has 1 aromatic heterocycles. The number of halogens is 1. The fraction of sp³-hybridized carbons (Fsp3) is 0.684. The van der Waals surface area contributed by atoms with Gasteiger partial charge in [0.1, 0.15) is 5.82 Å². The number of anilines is 1. The summed E-state index contributed by atoms with van der Waals surface area (Å²) >= 11 is 5.93. The minimum absolute atomic E-state index is 0.185. The number of nitrogens with one attached hydrogen (secondary N) is 1. The van der Waals surface area contributed by atoms with Crippen LogP contribution in [0.4, 0.5) is 5.82 Å². The molecule has 0 unspecified atom stereocenters. The number of hydrogen-bond acceptors (Lipinski definition) is 4. The van der Waals surface area contributed by atoms with Crippen LogP contribution in [0.2, 0.25) is 5.02 Å². The highest BCUT2D eigenvalue weighted by atomic mass is 35.5. The number of likely N-dealkylation sites (tertiary alicyclic amines) is 1. The van der Waals surface area contributed by atoms with Crippen molar-refractivity contribution in [1.29, 1.82) is 0 Å². The van der Waals surface area contributed by atoms with Crippen molar-refractivity contribution in [3.8, 4) is 0 Å². The van der Waals surface area contributed by atoms with Crippen molar-refractivity contribution in [2.75, 3.05) is 31.1 Å². The second kappa shape index (κ2) is 7.50. The molecule has 1 amide bonds. The van der Waals surface area contributed by atoms with Crippen LogP contribution in [0.15, 0.2) is 18.3 Å². The third kappa shape index (κ3) is 4.26. The molecule has 25 heavy (non-hydrogen) atoms. The van der Waals surface area contributed by atoms with Gasteiger partial charge in [-0.05, 0) is 57.2 Å². The number of hydrogen-bond donors (Lipinski definition) is 1. The predicted molar refractivity (Wildman–Crippen MR) is 99.9 cm³/mol. The van der Waals surface area contributed by atoms with Crippen molar-refractivity contribution in [2.24, 2.45) is 5.92 Å². The van der Waals surface area contributed by atoms with Crippen molar-refractivity contribution in [1.82, 2.24) is 15.2 Å². The molecule has 2 saturated heterocycles. The van der Waals surface area contributed by atoms with E-state index in [1.165, 1.54) is 12.8 Å². The summed E-state index contributed by atoms with van der Waals surface area (Å²) in [5.41, 5.74) is 0. The predicted octanol–water partition coefficient (Wildman–Crippen LogP) is 2.69. The van der Waals surface area contributed by atoms with Crippen LogP contribution in [0.5, 0.6) is 0 Å². The second-order valence-corrected chi connectivity index (χ2v) is 8.11. The normalized spacial score (nSPS) is 25.8. The summed E-state index contributed by atoms with van der Waals surface area (Å²) in [6, 6.07) is 4.98. The van der Waals surface area contributed by atoms with Gasteiger partial charge in [-0.3, -0.25) is 9.69 Å². The molecular weight excluding hydrogens is 336 g/mol. The van der Waals surface area contributed by atoms with Gasteiger partial charge in [-0.2, -0.15) is 0 Å². The fourth-order valence-electron chi connectivity index (χ4n) is 4.11. The van der Waals surface area contributed by atoms with Gasteiger partial charge < -0.3 is 10.2 Å². The van der Waals surface area contributed by atoms with Crippen LogP contribution in [0.1, 0.15) is 38.5 Å². The van der Waals surface area contributed by atoms with Gasteiger partial charge in [-0.15, -0.1) is 0 Å². The van der Waals surface area contributed by atoms with Gasteiger partial charge in [0.05, 0.1) is 10.9 Å². The number of pyridine rings is 1. The summed E-state index contributed by atoms with van der Waals surface area (Å²) in [4.78, 5) is 21.7. The maximum Gasteiger partial charge on any atom is 0.224 e. The smallest absolute Gasteiger partial charge is 0.224 e. The number of carbonyl (C=O) groups excluding carboxylic acids is 1. The Morgan fingerprint density at radius 3 is 2.60 bits per heavy atom. The topological polar surface area (TPSA) is 48.5 Å². The lowest BCUT2D eigenvalue weighted by molar-refractivity contribution is -0.127. The van der Waals surface area contributed by atoms with Gasteiger partial charge in [0.2, 0.25) is 5.91 Å². The Kier molecular flexibility index (Phi) is 5.13. The highest BCUT2D eigenvalue weighted by Gasteiger charge is 2.33. The molecule has 4 rings (SSSR count). The third-order valence-electron chi connectivity index (χ3n) is 5.76. The van der Waals surface area contributed by atoms with Crippen LogP contribution < -0.4 is 10.2 Å². The summed E-state index contributed by atoms with van der Waals surface area (Å²) in [6.45, 7) is 4.11. The number of aromatic nitrogens is 1. The van der Waals surface area contributed by atoms with Crippen LogP contribution >= 0.6 is 11.6 Å². The maximum atomic E-state index is 12.4. The lowest BCUT2D eigenvalue weighted by Gasteiger charge is -2.42. The number of amides is 1. The summed E-state index contributed by atoms with van der Waals surface area (Å²) < 4.78 is 0. The van der Waals surface area contributed by atoms with E-state index >= 15 is 0 Å². The first kappa shape index (κ1) is 17.1. The third-order valence-corrected chi connectivity index (χ3v) is 5.99. The number of carbonyl (C=O) groups is 1. The summed E-state index contributed by atoms with van der Waals surface area (Å²) in [5, 5.41) is 3.87. The standard InChI is InChI=1S/C19H27ClN4O/c20-15-3-6-18(21-12-15)23-10-7-17(8-11-23)24-9-1-2-14(13-24)19(25)22-16-4-5-16/h3,6,12,14,16-17H,1-2,4-5,7-11,13H2,(H,22,25)/t14-/m0/s1. The SMILES string of the molecule is O=C(NC1CC1)[C@H]1CCCN(C2CCN(c3ccc(Cl)cn3)CC2)C1. The zero-order valence-electron chi connectivity index (χ0n) is 14.7. The molecule has 2 aliphatic heterocycles. The minimum atomic E-state index is 0.185. The Morgan fingerprint density at radius 1 is 1.12 bits per heavy atom. The van der Waals surface area contributed by atoms with Crippen LogP contribution in [-0.2, 0) is 4.79 Å². The maximum absolute atomic E-state index is 12.4. The minimum Gasteiger partial charge on any atom is -0.357 e. The number of piperidine rings is 2. The number of nitrogens with zero attached hydrogens (tertiary/aromatic N) is 3. The molecular formula is C19H27ClN4O. The average Bonchev–Trinajstić information content (AvgIpc) is 3.47. The molecule has 0 bridgehead atoms. The molecule has 1 N–H and O–H groups in total. The van der Waals surface area contributed by atoms with Crippen LogP contribution in [0.25, 0.3) is 0 Å². The van der Waals surface area contributed by atoms with Crippen molar-refractivity contribution in [2.45, 2.75) is 50.6 Å². The molecule has 1 aromatic rings. The fourth-order valence-corrected chi connectivity index (χ4v) is 4.23. The van der Waals surface area contributed by atoms with Gasteiger partial charge in [0.15, 0.2) is 0 Å². The van der Waals surface area contributed by atoms with Crippen LogP contribution in [0, 0.1) is 5.92 Å². The molecule has 1 aliphatic carbocycles. The molecule has 3 aliphatic rings. The molecule has 1 atom stereocenters. The van der Waals surface area contributed by atoms with Crippen LogP contribution in [0.3, 0.4) is 0 Å². The molecule has 1 saturated carbocycles. The van der Waals surface area contributed by atoms with Crippen molar-refractivity contribution >= 4 is 23.3 Å². The van der Waals surface area contributed by atoms with E-state index in [0.717, 1.165) is 57.7 Å². The molecule has 136 valence electrons. The van der Waals surface area contributed by atoms with E-state index in [1.54, 1.807) is 6.20 Å². The molecule has 5 nitrogen and oxygen atoms in total. The highest BCUT2D eigenvalue weighted by molar-refractivity contribution is 6.30. The quantitative estimate of drug-likeness (QED) is 0.894. The average molecular weight is 363 g/mol. The monoisotopic (exact) mass is 362 g/mol. The summed E-state index contributed by atoms with van der Waals surface area (Å²) in [5.74, 6) is 1.49. The molecule has 3 heterocycles. The van der Waals surface area contributed by atoms with Crippen molar-refractivity contribution in [3.05, 3.63) is 23.4 Å². The van der Waals surface area contributed by atoms with E-state index in [0.29, 0.717) is 17.1 Å². The Morgan fingerprint density at radius 2 is 1.92 bits per heavy atom. The van der Waals surface area contributed by atoms with Crippen LogP contribution in [-0.4, -0.2) is 54.1 Å². The van der Waals surface area contributed by atoms with E-state index < -0.39 is 0 Å². The Balaban J connectivity index is 1.29. The summed E-state index contributed by atoms with van der Waals surface area (Å²) in [7, 11) is 0. The lowest BCUT2D eigenvalue weighted by atomic mass is 9.93. The first-order chi connectivity index (χ1) is 12.2.